The number of rotatable bonds is 7. The molecule has 0 aliphatic rings. The Morgan fingerprint density at radius 1 is 1.17 bits per heavy atom. The number of urea groups is 1. The molecule has 3 amide bonds. The number of halogens is 1. The summed E-state index contributed by atoms with van der Waals surface area (Å²) >= 11 is 0. The molecule has 6 nitrogen and oxygen atoms in total. The van der Waals surface area contributed by atoms with Crippen LogP contribution in [-0.4, -0.2) is 62.0 Å². The maximum atomic E-state index is 13.5. The molecule has 1 unspecified atom stereocenters. The van der Waals surface area contributed by atoms with Crippen LogP contribution in [0.5, 0.6) is 0 Å². The molecule has 0 aliphatic heterocycles. The van der Waals surface area contributed by atoms with Crippen molar-refractivity contribution in [3.63, 3.8) is 0 Å². The lowest BCUT2D eigenvalue weighted by molar-refractivity contribution is -0.125. The van der Waals surface area contributed by atoms with Crippen LogP contribution in [0.1, 0.15) is 12.5 Å². The van der Waals surface area contributed by atoms with Crippen molar-refractivity contribution in [3.05, 3.63) is 35.6 Å². The van der Waals surface area contributed by atoms with Gasteiger partial charge in [0, 0.05) is 39.3 Å². The zero-order valence-corrected chi connectivity index (χ0v) is 14.1. The van der Waals surface area contributed by atoms with Gasteiger partial charge in [-0.05, 0) is 20.0 Å². The van der Waals surface area contributed by atoms with Gasteiger partial charge in [0.1, 0.15) is 5.82 Å². The first-order chi connectivity index (χ1) is 10.8. The topological polar surface area (TPSA) is 64.7 Å². The maximum absolute atomic E-state index is 13.5. The first-order valence-corrected chi connectivity index (χ1v) is 7.49. The summed E-state index contributed by atoms with van der Waals surface area (Å²) in [5.74, 6) is -0.519. The SMILES string of the molecule is CC(C(=O)NCc1ccccc1F)N(C)CCNC(=O)N(C)C. The van der Waals surface area contributed by atoms with Gasteiger partial charge in [-0.3, -0.25) is 9.69 Å². The minimum atomic E-state index is -0.377. The molecule has 23 heavy (non-hydrogen) atoms. The lowest BCUT2D eigenvalue weighted by atomic mass is 10.2. The number of likely N-dealkylation sites (N-methyl/N-ethyl adjacent to an activating group) is 1. The van der Waals surface area contributed by atoms with Crippen molar-refractivity contribution in [2.45, 2.75) is 19.5 Å². The summed E-state index contributed by atoms with van der Waals surface area (Å²) in [6.07, 6.45) is 0. The van der Waals surface area contributed by atoms with Crippen molar-refractivity contribution in [3.8, 4) is 0 Å². The molecule has 0 saturated heterocycles. The van der Waals surface area contributed by atoms with Crippen molar-refractivity contribution in [2.75, 3.05) is 34.2 Å². The average molecular weight is 324 g/mol. The first-order valence-electron chi connectivity index (χ1n) is 7.49. The Balaban J connectivity index is 2.37. The second-order valence-corrected chi connectivity index (χ2v) is 5.59. The minimum Gasteiger partial charge on any atom is -0.351 e. The van der Waals surface area contributed by atoms with Crippen LogP contribution < -0.4 is 10.6 Å². The fraction of sp³-hybridized carbons (Fsp3) is 0.500. The molecule has 7 heteroatoms. The van der Waals surface area contributed by atoms with Crippen molar-refractivity contribution in [1.82, 2.24) is 20.4 Å². The van der Waals surface area contributed by atoms with Gasteiger partial charge in [0.2, 0.25) is 5.91 Å². The zero-order valence-electron chi connectivity index (χ0n) is 14.1. The highest BCUT2D eigenvalue weighted by atomic mass is 19.1. The van der Waals surface area contributed by atoms with Gasteiger partial charge in [0.25, 0.3) is 0 Å². The van der Waals surface area contributed by atoms with Gasteiger partial charge < -0.3 is 15.5 Å². The third kappa shape index (κ3) is 6.23. The smallest absolute Gasteiger partial charge is 0.316 e. The van der Waals surface area contributed by atoms with E-state index in [1.807, 2.05) is 4.90 Å². The molecule has 1 atom stereocenters. The Kier molecular flexibility index (Phi) is 7.47. The van der Waals surface area contributed by atoms with E-state index in [4.69, 9.17) is 0 Å². The Labute approximate surface area is 136 Å². The zero-order chi connectivity index (χ0) is 17.4. The quantitative estimate of drug-likeness (QED) is 0.787. The second-order valence-electron chi connectivity index (χ2n) is 5.59. The van der Waals surface area contributed by atoms with Crippen molar-refractivity contribution >= 4 is 11.9 Å². The number of benzene rings is 1. The summed E-state index contributed by atoms with van der Waals surface area (Å²) in [4.78, 5) is 26.8. The Hall–Kier alpha value is -2.15. The van der Waals surface area contributed by atoms with Crippen LogP contribution in [0.4, 0.5) is 9.18 Å². The summed E-state index contributed by atoms with van der Waals surface area (Å²) in [5.41, 5.74) is 0.453. The molecule has 0 spiro atoms. The monoisotopic (exact) mass is 324 g/mol. The molecule has 0 bridgehead atoms. The Morgan fingerprint density at radius 3 is 2.43 bits per heavy atom. The van der Waals surface area contributed by atoms with E-state index in [-0.39, 0.29) is 30.3 Å². The van der Waals surface area contributed by atoms with Crippen LogP contribution in [0.3, 0.4) is 0 Å². The van der Waals surface area contributed by atoms with Gasteiger partial charge in [-0.2, -0.15) is 0 Å². The van der Waals surface area contributed by atoms with E-state index in [0.717, 1.165) is 0 Å². The summed E-state index contributed by atoms with van der Waals surface area (Å²) < 4.78 is 13.5. The van der Waals surface area contributed by atoms with Crippen molar-refractivity contribution in [2.24, 2.45) is 0 Å². The highest BCUT2D eigenvalue weighted by Gasteiger charge is 2.18. The number of carbonyl (C=O) groups is 2. The fourth-order valence-electron chi connectivity index (χ4n) is 1.86. The summed E-state index contributed by atoms with van der Waals surface area (Å²) in [6.45, 7) is 2.90. The number of amides is 3. The predicted molar refractivity (Wildman–Crippen MR) is 87.4 cm³/mol. The Bertz CT molecular complexity index is 537. The van der Waals surface area contributed by atoms with E-state index in [0.29, 0.717) is 18.7 Å². The molecule has 1 aromatic carbocycles. The third-order valence-electron chi connectivity index (χ3n) is 3.60. The highest BCUT2D eigenvalue weighted by Crippen LogP contribution is 2.06. The van der Waals surface area contributed by atoms with Gasteiger partial charge >= 0.3 is 6.03 Å². The number of carbonyl (C=O) groups excluding carboxylic acids is 2. The van der Waals surface area contributed by atoms with Gasteiger partial charge in [0.15, 0.2) is 0 Å². The molecule has 1 aromatic rings. The molecule has 1 rings (SSSR count). The van der Waals surface area contributed by atoms with E-state index < -0.39 is 0 Å². The third-order valence-corrected chi connectivity index (χ3v) is 3.60. The van der Waals surface area contributed by atoms with Gasteiger partial charge in [-0.25, -0.2) is 9.18 Å². The van der Waals surface area contributed by atoms with Crippen LogP contribution in [0.2, 0.25) is 0 Å². The molecular weight excluding hydrogens is 299 g/mol. The van der Waals surface area contributed by atoms with Gasteiger partial charge in [0.05, 0.1) is 6.04 Å². The average Bonchev–Trinajstić information content (AvgIpc) is 2.52. The lowest BCUT2D eigenvalue weighted by Gasteiger charge is -2.24. The standard InChI is InChI=1S/C16H25FN4O2/c1-12(21(4)10-9-18-16(23)20(2)3)15(22)19-11-13-7-5-6-8-14(13)17/h5-8,12H,9-11H2,1-4H3,(H,18,23)(H,19,22). The number of hydrogen-bond donors (Lipinski definition) is 2. The van der Waals surface area contributed by atoms with Crippen LogP contribution >= 0.6 is 0 Å². The fourth-order valence-corrected chi connectivity index (χ4v) is 1.86. The molecule has 0 aromatic heterocycles. The van der Waals surface area contributed by atoms with Crippen molar-refractivity contribution in [1.29, 1.82) is 0 Å². The maximum Gasteiger partial charge on any atom is 0.316 e. The predicted octanol–water partition coefficient (Wildman–Crippen LogP) is 1.03. The summed E-state index contributed by atoms with van der Waals surface area (Å²) in [7, 11) is 5.13. The van der Waals surface area contributed by atoms with Crippen LogP contribution in [0.25, 0.3) is 0 Å². The van der Waals surface area contributed by atoms with E-state index in [1.54, 1.807) is 46.3 Å². The molecule has 2 N–H and O–H groups in total. The van der Waals surface area contributed by atoms with E-state index in [1.165, 1.54) is 11.0 Å². The number of hydrogen-bond acceptors (Lipinski definition) is 3. The summed E-state index contributed by atoms with van der Waals surface area (Å²) in [6, 6.07) is 5.80. The lowest BCUT2D eigenvalue weighted by Crippen LogP contribution is -2.46. The number of nitrogens with zero attached hydrogens (tertiary/aromatic N) is 2. The molecule has 0 heterocycles. The molecule has 128 valence electrons. The first kappa shape index (κ1) is 18.9. The Morgan fingerprint density at radius 2 is 1.83 bits per heavy atom. The van der Waals surface area contributed by atoms with E-state index >= 15 is 0 Å². The van der Waals surface area contributed by atoms with Crippen LogP contribution in [-0.2, 0) is 11.3 Å². The molecule has 0 aliphatic carbocycles. The summed E-state index contributed by atoms with van der Waals surface area (Å²) in [5, 5.41) is 5.46. The van der Waals surface area contributed by atoms with E-state index in [9.17, 15) is 14.0 Å². The largest absolute Gasteiger partial charge is 0.351 e. The van der Waals surface area contributed by atoms with Crippen molar-refractivity contribution < 1.29 is 14.0 Å². The van der Waals surface area contributed by atoms with Crippen LogP contribution in [0, 0.1) is 5.82 Å². The van der Waals surface area contributed by atoms with Gasteiger partial charge in [-0.15, -0.1) is 0 Å². The molecule has 0 fully saturated rings. The molecule has 0 radical (unpaired) electrons. The minimum absolute atomic E-state index is 0.154. The molecular formula is C16H25FN4O2. The number of nitrogens with one attached hydrogen (secondary N) is 2. The van der Waals surface area contributed by atoms with E-state index in [2.05, 4.69) is 10.6 Å². The normalized spacial score (nSPS) is 11.9. The second kappa shape index (κ2) is 9.09. The highest BCUT2D eigenvalue weighted by molar-refractivity contribution is 5.81. The van der Waals surface area contributed by atoms with Crippen LogP contribution in [0.15, 0.2) is 24.3 Å². The molecule has 0 saturated carbocycles. The van der Waals surface area contributed by atoms with Gasteiger partial charge in [-0.1, -0.05) is 18.2 Å².